The third-order valence-corrected chi connectivity index (χ3v) is 6.25. The molecule has 202 valence electrons. The minimum absolute atomic E-state index is 0.155. The zero-order valence-electron chi connectivity index (χ0n) is 21.8. The second-order valence-corrected chi connectivity index (χ2v) is 9.58. The fourth-order valence-electron chi connectivity index (χ4n) is 3.69. The molecule has 10 heteroatoms. The van der Waals surface area contributed by atoms with E-state index in [4.69, 9.17) is 11.5 Å². The highest BCUT2D eigenvalue weighted by Crippen LogP contribution is 2.11. The van der Waals surface area contributed by atoms with Crippen molar-refractivity contribution in [3.05, 3.63) is 35.9 Å². The molecule has 0 aliphatic carbocycles. The maximum atomic E-state index is 13.2. The van der Waals surface area contributed by atoms with Gasteiger partial charge in [0.05, 0.1) is 6.04 Å². The second-order valence-electron chi connectivity index (χ2n) is 9.58. The lowest BCUT2D eigenvalue weighted by Crippen LogP contribution is -2.59. The van der Waals surface area contributed by atoms with Crippen LogP contribution in [0.5, 0.6) is 0 Å². The second kappa shape index (κ2) is 15.9. The zero-order chi connectivity index (χ0) is 27.3. The number of unbranched alkanes of at least 4 members (excludes halogenated alkanes) is 1. The van der Waals surface area contributed by atoms with Crippen molar-refractivity contribution in [2.45, 2.75) is 84.0 Å². The van der Waals surface area contributed by atoms with E-state index in [1.807, 2.05) is 37.3 Å². The molecule has 1 rings (SSSR count). The summed E-state index contributed by atoms with van der Waals surface area (Å²) in [5, 5.41) is 17.6. The van der Waals surface area contributed by atoms with Gasteiger partial charge in [-0.25, -0.2) is 4.79 Å². The lowest BCUT2D eigenvalue weighted by molar-refractivity contribution is -0.143. The average molecular weight is 506 g/mol. The van der Waals surface area contributed by atoms with Gasteiger partial charge in [-0.1, -0.05) is 70.9 Å². The molecule has 5 unspecified atom stereocenters. The molecule has 0 saturated heterocycles. The minimum atomic E-state index is -1.14. The van der Waals surface area contributed by atoms with Crippen molar-refractivity contribution in [2.75, 3.05) is 6.54 Å². The Morgan fingerprint density at radius 1 is 0.889 bits per heavy atom. The lowest BCUT2D eigenvalue weighted by Gasteiger charge is -2.28. The van der Waals surface area contributed by atoms with Gasteiger partial charge in [-0.2, -0.15) is 0 Å². The van der Waals surface area contributed by atoms with Crippen LogP contribution in [0.3, 0.4) is 0 Å². The Labute approximate surface area is 213 Å². The zero-order valence-corrected chi connectivity index (χ0v) is 21.8. The molecule has 0 bridgehead atoms. The topological polar surface area (TPSA) is 177 Å². The van der Waals surface area contributed by atoms with E-state index in [2.05, 4.69) is 16.0 Å². The molecule has 0 spiro atoms. The Balaban J connectivity index is 3.05. The number of rotatable bonds is 16. The van der Waals surface area contributed by atoms with E-state index in [9.17, 15) is 24.3 Å². The number of carboxylic acids is 1. The summed E-state index contributed by atoms with van der Waals surface area (Å²) in [6.07, 6.45) is 2.60. The maximum Gasteiger partial charge on any atom is 0.326 e. The van der Waals surface area contributed by atoms with Crippen LogP contribution in [0.15, 0.2) is 30.3 Å². The predicted octanol–water partition coefficient (Wildman–Crippen LogP) is 0.927. The molecule has 3 amide bonds. The van der Waals surface area contributed by atoms with Crippen LogP contribution in [-0.2, 0) is 25.6 Å². The summed E-state index contributed by atoms with van der Waals surface area (Å²) in [6, 6.07) is 5.27. The van der Waals surface area contributed by atoms with Crippen molar-refractivity contribution >= 4 is 23.7 Å². The fourth-order valence-corrected chi connectivity index (χ4v) is 3.69. The number of carbonyl (C=O) groups excluding carboxylic acids is 3. The van der Waals surface area contributed by atoms with Crippen molar-refractivity contribution < 1.29 is 24.3 Å². The number of hydrogen-bond donors (Lipinski definition) is 6. The number of nitrogens with two attached hydrogens (primary N) is 2. The van der Waals surface area contributed by atoms with Crippen LogP contribution >= 0.6 is 0 Å². The molecule has 1 aromatic rings. The highest BCUT2D eigenvalue weighted by atomic mass is 16.4. The lowest BCUT2D eigenvalue weighted by atomic mass is 9.97. The van der Waals surface area contributed by atoms with Gasteiger partial charge in [-0.3, -0.25) is 14.4 Å². The number of carbonyl (C=O) groups is 4. The number of benzene rings is 1. The molecule has 0 aromatic heterocycles. The molecule has 8 N–H and O–H groups in total. The van der Waals surface area contributed by atoms with Crippen molar-refractivity contribution in [1.82, 2.24) is 16.0 Å². The summed E-state index contributed by atoms with van der Waals surface area (Å²) in [5.74, 6) is -3.32. The number of nitrogens with one attached hydrogen (secondary N) is 3. The van der Waals surface area contributed by atoms with E-state index in [1.165, 1.54) is 0 Å². The third-order valence-electron chi connectivity index (χ3n) is 6.25. The first-order valence-electron chi connectivity index (χ1n) is 12.6. The first-order valence-corrected chi connectivity index (χ1v) is 12.6. The first kappa shape index (κ1) is 31.1. The summed E-state index contributed by atoms with van der Waals surface area (Å²) in [5.41, 5.74) is 12.3. The van der Waals surface area contributed by atoms with Crippen molar-refractivity contribution in [3.8, 4) is 0 Å². The van der Waals surface area contributed by atoms with Gasteiger partial charge in [0.25, 0.3) is 0 Å². The van der Waals surface area contributed by atoms with Crippen molar-refractivity contribution in [1.29, 1.82) is 0 Å². The molecular weight excluding hydrogens is 462 g/mol. The van der Waals surface area contributed by atoms with E-state index in [0.717, 1.165) is 12.0 Å². The Morgan fingerprint density at radius 2 is 1.50 bits per heavy atom. The molecule has 0 heterocycles. The molecule has 1 aromatic carbocycles. The molecule has 0 fully saturated rings. The summed E-state index contributed by atoms with van der Waals surface area (Å²) in [4.78, 5) is 50.8. The SMILES string of the molecule is CCC(C)C(NC(=O)C(Cc1ccccc1)NC(=O)C(NC(=O)C(N)CCCCN)C(C)C)C(=O)O. The van der Waals surface area contributed by atoms with Crippen LogP contribution in [0.1, 0.15) is 58.9 Å². The van der Waals surface area contributed by atoms with Crippen LogP contribution in [0.4, 0.5) is 0 Å². The van der Waals surface area contributed by atoms with Gasteiger partial charge in [-0.15, -0.1) is 0 Å². The fraction of sp³-hybridized carbons (Fsp3) is 0.615. The smallest absolute Gasteiger partial charge is 0.326 e. The Morgan fingerprint density at radius 3 is 2.03 bits per heavy atom. The Bertz CT molecular complexity index is 848. The number of aliphatic carboxylic acids is 1. The Kier molecular flexibility index (Phi) is 13.7. The van der Waals surface area contributed by atoms with Gasteiger partial charge >= 0.3 is 5.97 Å². The quantitative estimate of drug-likeness (QED) is 0.181. The van der Waals surface area contributed by atoms with Crippen LogP contribution in [0.25, 0.3) is 0 Å². The van der Waals surface area contributed by atoms with Gasteiger partial charge in [0.2, 0.25) is 17.7 Å². The highest BCUT2D eigenvalue weighted by molar-refractivity contribution is 5.94. The molecule has 10 nitrogen and oxygen atoms in total. The Hall–Kier alpha value is -2.98. The summed E-state index contributed by atoms with van der Waals surface area (Å²) in [6.45, 7) is 7.65. The van der Waals surface area contributed by atoms with Crippen LogP contribution in [0.2, 0.25) is 0 Å². The monoisotopic (exact) mass is 505 g/mol. The summed E-state index contributed by atoms with van der Waals surface area (Å²) in [7, 11) is 0. The van der Waals surface area contributed by atoms with Crippen molar-refractivity contribution in [3.63, 3.8) is 0 Å². The average Bonchev–Trinajstić information content (AvgIpc) is 2.84. The van der Waals surface area contributed by atoms with Gasteiger partial charge in [-0.05, 0) is 36.8 Å². The number of amides is 3. The van der Waals surface area contributed by atoms with Gasteiger partial charge in [0.15, 0.2) is 0 Å². The number of carboxylic acid groups (broad SMARTS) is 1. The normalized spacial score (nSPS) is 15.3. The summed E-state index contributed by atoms with van der Waals surface area (Å²) >= 11 is 0. The molecule has 36 heavy (non-hydrogen) atoms. The first-order chi connectivity index (χ1) is 17.0. The molecule has 5 atom stereocenters. The number of hydrogen-bond acceptors (Lipinski definition) is 6. The van der Waals surface area contributed by atoms with E-state index >= 15 is 0 Å². The van der Waals surface area contributed by atoms with Crippen LogP contribution in [0, 0.1) is 11.8 Å². The standard InChI is InChI=1S/C26H43N5O5/c1-5-17(4)22(26(35)36)31-24(33)20(15-18-11-7-6-8-12-18)29-25(34)21(16(2)3)30-23(32)19(28)13-9-10-14-27/h6-8,11-12,16-17,19-22H,5,9-10,13-15,27-28H2,1-4H3,(H,29,34)(H,30,32)(H,31,33)(H,35,36). The molecule has 0 aliphatic heterocycles. The molecule has 0 aliphatic rings. The van der Waals surface area contributed by atoms with Gasteiger partial charge < -0.3 is 32.5 Å². The largest absolute Gasteiger partial charge is 0.480 e. The third kappa shape index (κ3) is 10.3. The van der Waals surface area contributed by atoms with Gasteiger partial charge in [0.1, 0.15) is 18.1 Å². The maximum absolute atomic E-state index is 13.2. The van der Waals surface area contributed by atoms with Crippen LogP contribution < -0.4 is 27.4 Å². The molecule has 0 radical (unpaired) electrons. The van der Waals surface area contributed by atoms with Gasteiger partial charge in [0, 0.05) is 6.42 Å². The summed E-state index contributed by atoms with van der Waals surface area (Å²) < 4.78 is 0. The predicted molar refractivity (Wildman–Crippen MR) is 139 cm³/mol. The van der Waals surface area contributed by atoms with Crippen molar-refractivity contribution in [2.24, 2.45) is 23.3 Å². The van der Waals surface area contributed by atoms with E-state index < -0.39 is 47.9 Å². The van der Waals surface area contributed by atoms with E-state index in [1.54, 1.807) is 20.8 Å². The minimum Gasteiger partial charge on any atom is -0.480 e. The molecular formula is C26H43N5O5. The van der Waals surface area contributed by atoms with E-state index in [0.29, 0.717) is 25.8 Å². The van der Waals surface area contributed by atoms with Crippen LogP contribution in [-0.4, -0.2) is 59.5 Å². The highest BCUT2D eigenvalue weighted by Gasteiger charge is 2.33. The van der Waals surface area contributed by atoms with E-state index in [-0.39, 0.29) is 18.3 Å². The molecule has 0 saturated carbocycles.